The molecule has 0 aliphatic heterocycles. The Morgan fingerprint density at radius 2 is 2.06 bits per heavy atom. The Morgan fingerprint density at radius 3 is 2.53 bits per heavy atom. The predicted octanol–water partition coefficient (Wildman–Crippen LogP) is 0.962. The summed E-state index contributed by atoms with van der Waals surface area (Å²) in [5.74, 6) is 0.577. The highest BCUT2D eigenvalue weighted by molar-refractivity contribution is 14.1. The van der Waals surface area contributed by atoms with Crippen LogP contribution >= 0.6 is 35.2 Å². The highest BCUT2D eigenvalue weighted by Gasteiger charge is 2.14. The lowest BCUT2D eigenvalue weighted by Crippen LogP contribution is -2.25. The van der Waals surface area contributed by atoms with E-state index in [0.717, 1.165) is 11.1 Å². The van der Waals surface area contributed by atoms with Crippen LogP contribution in [-0.4, -0.2) is 20.3 Å². The summed E-state index contributed by atoms with van der Waals surface area (Å²) in [7, 11) is 12.0. The minimum absolute atomic E-state index is 0.484. The van der Waals surface area contributed by atoms with Crippen LogP contribution in [0.5, 0.6) is 5.75 Å². The van der Waals surface area contributed by atoms with E-state index < -0.39 is 0 Å². The van der Waals surface area contributed by atoms with Crippen LogP contribution in [0.2, 0.25) is 0 Å². The molecule has 1 aromatic rings. The van der Waals surface area contributed by atoms with E-state index in [0.29, 0.717) is 31.9 Å². The van der Waals surface area contributed by atoms with Crippen LogP contribution in [0.4, 0.5) is 0 Å². The van der Waals surface area contributed by atoms with E-state index in [1.807, 2.05) is 6.92 Å². The summed E-state index contributed by atoms with van der Waals surface area (Å²) in [4.78, 5) is 0.598. The van der Waals surface area contributed by atoms with Gasteiger partial charge in [0.25, 0.3) is 0 Å². The van der Waals surface area contributed by atoms with Gasteiger partial charge in [-0.15, -0.1) is 12.6 Å². The summed E-state index contributed by atoms with van der Waals surface area (Å²) in [6.45, 7) is 3.64. The molecule has 0 unspecified atom stereocenters. The van der Waals surface area contributed by atoms with Gasteiger partial charge in [-0.25, -0.2) is 0 Å². The highest BCUT2D eigenvalue weighted by Crippen LogP contribution is 2.27. The lowest BCUT2D eigenvalue weighted by atomic mass is 9.78. The van der Waals surface area contributed by atoms with Crippen LogP contribution in [0, 0.1) is 6.92 Å². The van der Waals surface area contributed by atoms with E-state index >= 15 is 0 Å². The summed E-state index contributed by atoms with van der Waals surface area (Å²) >= 11 is 6.48. The zero-order chi connectivity index (χ0) is 13.2. The van der Waals surface area contributed by atoms with Crippen molar-refractivity contribution in [1.29, 1.82) is 0 Å². The summed E-state index contributed by atoms with van der Waals surface area (Å²) in [5.41, 5.74) is 8.98. The van der Waals surface area contributed by atoms with Crippen LogP contribution in [0.15, 0.2) is 10.6 Å². The molecule has 0 fully saturated rings. The number of rotatable bonds is 3. The molecule has 0 bridgehead atoms. The third kappa shape index (κ3) is 3.16. The smallest absolute Gasteiger partial charge is 0.139 e. The maximum atomic E-state index is 6.04. The maximum absolute atomic E-state index is 6.04. The van der Waals surface area contributed by atoms with Crippen LogP contribution in [0.1, 0.15) is 18.1 Å². The molecule has 0 saturated heterocycles. The molecule has 17 heavy (non-hydrogen) atoms. The van der Waals surface area contributed by atoms with Gasteiger partial charge in [0.1, 0.15) is 26.1 Å². The number of halogens is 1. The van der Waals surface area contributed by atoms with E-state index in [9.17, 15) is 0 Å². The molecule has 2 N–H and O–H groups in total. The first kappa shape index (κ1) is 14.8. The van der Waals surface area contributed by atoms with Crippen molar-refractivity contribution >= 4 is 67.9 Å². The number of ether oxygens (including phenoxy) is 1. The molecule has 2 nitrogen and oxygen atoms in total. The van der Waals surface area contributed by atoms with Gasteiger partial charge in [0.05, 0.1) is 0 Å². The fourth-order valence-corrected chi connectivity index (χ4v) is 2.13. The van der Waals surface area contributed by atoms with Crippen molar-refractivity contribution in [3.63, 3.8) is 0 Å². The van der Waals surface area contributed by atoms with Crippen molar-refractivity contribution in [1.82, 2.24) is 0 Å². The predicted molar refractivity (Wildman–Crippen MR) is 86.6 cm³/mol. The Balaban J connectivity index is 3.59. The number of hydrogen-bond donors (Lipinski definition) is 2. The monoisotopic (exact) mass is 355 g/mol. The Labute approximate surface area is 124 Å². The number of nitrogens with two attached hydrogens (primary N) is 1. The molecule has 6 heteroatoms. The van der Waals surface area contributed by atoms with Crippen LogP contribution in [-0.2, 0) is 0 Å². The molecule has 0 aromatic heterocycles. The molecular weight excluding hydrogens is 343 g/mol. The second kappa shape index (κ2) is 6.09. The SMILES string of the molecule is [B]c1c(C)c([B])c(/C=C(\C)N)c(OCI)c1S. The zero-order valence-corrected chi connectivity index (χ0v) is 12.8. The molecule has 0 atom stereocenters. The van der Waals surface area contributed by atoms with Crippen molar-refractivity contribution in [2.24, 2.45) is 5.73 Å². The van der Waals surface area contributed by atoms with Crippen molar-refractivity contribution in [2.75, 3.05) is 4.61 Å². The van der Waals surface area contributed by atoms with Crippen molar-refractivity contribution in [3.05, 3.63) is 16.8 Å². The number of thiol groups is 1. The highest BCUT2D eigenvalue weighted by atomic mass is 127. The molecule has 0 aliphatic carbocycles. The Kier molecular flexibility index (Phi) is 5.31. The molecule has 1 rings (SSSR count). The quantitative estimate of drug-likeness (QED) is 0.367. The number of allylic oxidation sites excluding steroid dienone is 1. The van der Waals surface area contributed by atoms with E-state index in [2.05, 4.69) is 35.2 Å². The molecule has 86 valence electrons. The molecule has 1 aromatic carbocycles. The first-order valence-electron chi connectivity index (χ1n) is 4.93. The minimum atomic E-state index is 0.484. The molecule has 4 radical (unpaired) electrons. The largest absolute Gasteiger partial charge is 0.482 e. The summed E-state index contributed by atoms with van der Waals surface area (Å²) in [6.07, 6.45) is 1.77. The van der Waals surface area contributed by atoms with Gasteiger partial charge < -0.3 is 10.5 Å². The van der Waals surface area contributed by atoms with E-state index in [1.165, 1.54) is 0 Å². The van der Waals surface area contributed by atoms with Crippen molar-refractivity contribution in [2.45, 2.75) is 18.7 Å². The standard InChI is InChI=1S/C11H12B2INOS/c1-5(15)3-7-8(12)6(2)9(13)11(17)10(7)16-4-14/h3,17H,4,15H2,1-2H3/b5-3+. The van der Waals surface area contributed by atoms with Crippen LogP contribution in [0.25, 0.3) is 6.08 Å². The Bertz CT molecular complexity index is 473. The first-order valence-corrected chi connectivity index (χ1v) is 6.90. The van der Waals surface area contributed by atoms with Gasteiger partial charge in [-0.1, -0.05) is 16.5 Å². The number of benzene rings is 1. The number of alkyl halides is 1. The van der Waals surface area contributed by atoms with Crippen LogP contribution < -0.4 is 21.4 Å². The summed E-state index contributed by atoms with van der Waals surface area (Å²) in [6, 6.07) is 0. The molecule has 0 saturated carbocycles. The lowest BCUT2D eigenvalue weighted by Gasteiger charge is -2.19. The van der Waals surface area contributed by atoms with Gasteiger partial charge in [-0.05, 0) is 42.5 Å². The van der Waals surface area contributed by atoms with Gasteiger partial charge in [-0.3, -0.25) is 0 Å². The molecule has 0 aliphatic rings. The molecular formula is C11H12B2INOS. The maximum Gasteiger partial charge on any atom is 0.139 e. The van der Waals surface area contributed by atoms with Gasteiger partial charge in [0, 0.05) is 16.2 Å². The number of hydrogen-bond acceptors (Lipinski definition) is 3. The summed E-state index contributed by atoms with van der Waals surface area (Å²) in [5, 5.41) is 0. The van der Waals surface area contributed by atoms with Crippen molar-refractivity contribution < 1.29 is 4.74 Å². The second-order valence-corrected chi connectivity index (χ2v) is 4.76. The average molecular weight is 355 g/mol. The van der Waals surface area contributed by atoms with Gasteiger partial charge in [0.2, 0.25) is 0 Å². The third-order valence-corrected chi connectivity index (χ3v) is 3.14. The molecule has 0 spiro atoms. The first-order chi connectivity index (χ1) is 7.90. The van der Waals surface area contributed by atoms with Gasteiger partial charge >= 0.3 is 0 Å². The Hall–Kier alpha value is -0.230. The fraction of sp³-hybridized carbons (Fsp3) is 0.273. The normalized spacial score (nSPS) is 11.6. The fourth-order valence-electron chi connectivity index (χ4n) is 1.47. The molecule has 0 amide bonds. The zero-order valence-electron chi connectivity index (χ0n) is 9.75. The van der Waals surface area contributed by atoms with Crippen molar-refractivity contribution in [3.8, 4) is 5.75 Å². The minimum Gasteiger partial charge on any atom is -0.482 e. The van der Waals surface area contributed by atoms with E-state index in [4.69, 9.17) is 26.2 Å². The summed E-state index contributed by atoms with van der Waals surface area (Å²) < 4.78 is 6.02. The average Bonchev–Trinajstić information content (AvgIpc) is 2.28. The van der Waals surface area contributed by atoms with E-state index in [-0.39, 0.29) is 0 Å². The van der Waals surface area contributed by atoms with E-state index in [1.54, 1.807) is 13.0 Å². The van der Waals surface area contributed by atoms with Gasteiger partial charge in [-0.2, -0.15) is 0 Å². The molecule has 0 heterocycles. The second-order valence-electron chi connectivity index (χ2n) is 3.69. The third-order valence-electron chi connectivity index (χ3n) is 2.38. The topological polar surface area (TPSA) is 35.2 Å². The lowest BCUT2D eigenvalue weighted by molar-refractivity contribution is 0.395. The Morgan fingerprint density at radius 1 is 1.47 bits per heavy atom. The van der Waals surface area contributed by atoms with Gasteiger partial charge in [0.15, 0.2) is 0 Å². The van der Waals surface area contributed by atoms with Crippen LogP contribution in [0.3, 0.4) is 0 Å².